The summed E-state index contributed by atoms with van der Waals surface area (Å²) in [6, 6.07) is 4.41. The number of ether oxygens (including phenoxy) is 1. The first-order valence-electron chi connectivity index (χ1n) is 7.35. The maximum Gasteiger partial charge on any atom is 0.280 e. The fourth-order valence-corrected chi connectivity index (χ4v) is 3.34. The minimum atomic E-state index is -0.450. The molecule has 0 saturated heterocycles. The van der Waals surface area contributed by atoms with Crippen molar-refractivity contribution in [3.63, 3.8) is 0 Å². The average molecular weight is 365 g/mol. The number of nitrogen functional groups attached to an aromatic ring is 1. The van der Waals surface area contributed by atoms with Gasteiger partial charge in [0.05, 0.1) is 13.7 Å². The Labute approximate surface area is 145 Å². The number of thioether (sulfide) groups is 1. The zero-order valence-corrected chi connectivity index (χ0v) is 14.1. The van der Waals surface area contributed by atoms with Crippen LogP contribution in [-0.4, -0.2) is 38.3 Å². The lowest BCUT2D eigenvalue weighted by Crippen LogP contribution is -2.12. The lowest BCUT2D eigenvalue weighted by molar-refractivity contribution is 0.273. The van der Waals surface area contributed by atoms with E-state index in [0.29, 0.717) is 27.9 Å². The molecule has 4 N–H and O–H groups in total. The summed E-state index contributed by atoms with van der Waals surface area (Å²) in [5.74, 6) is 0.397. The number of aromatic nitrogens is 4. The SMILES string of the molecule is COc1cc(F)cc(CSc2nc3c(=O)[nH]c(N)nc3n2CCO)c1. The van der Waals surface area contributed by atoms with Gasteiger partial charge in [0, 0.05) is 18.4 Å². The number of imidazole rings is 1. The van der Waals surface area contributed by atoms with Crippen LogP contribution in [0.5, 0.6) is 5.75 Å². The molecule has 0 amide bonds. The van der Waals surface area contributed by atoms with E-state index in [1.807, 2.05) is 0 Å². The summed E-state index contributed by atoms with van der Waals surface area (Å²) in [5.41, 5.74) is 6.27. The molecule has 0 aliphatic carbocycles. The quantitative estimate of drug-likeness (QED) is 0.560. The molecule has 10 heteroatoms. The van der Waals surface area contributed by atoms with Gasteiger partial charge in [0.25, 0.3) is 5.56 Å². The van der Waals surface area contributed by atoms with E-state index in [9.17, 15) is 14.3 Å². The fourth-order valence-electron chi connectivity index (χ4n) is 2.39. The van der Waals surface area contributed by atoms with Gasteiger partial charge in [0.2, 0.25) is 5.95 Å². The second-order valence-electron chi connectivity index (χ2n) is 5.18. The van der Waals surface area contributed by atoms with Crippen LogP contribution in [0.15, 0.2) is 28.2 Å². The summed E-state index contributed by atoms with van der Waals surface area (Å²) in [7, 11) is 1.47. The van der Waals surface area contributed by atoms with E-state index in [1.54, 1.807) is 10.6 Å². The third kappa shape index (κ3) is 3.59. The van der Waals surface area contributed by atoms with Gasteiger partial charge in [0.1, 0.15) is 11.6 Å². The van der Waals surface area contributed by atoms with E-state index in [0.717, 1.165) is 0 Å². The van der Waals surface area contributed by atoms with E-state index >= 15 is 0 Å². The maximum absolute atomic E-state index is 13.6. The normalized spacial score (nSPS) is 11.2. The number of fused-ring (bicyclic) bond motifs is 1. The molecule has 2 heterocycles. The summed E-state index contributed by atoms with van der Waals surface area (Å²) < 4.78 is 20.3. The predicted octanol–water partition coefficient (Wildman–Crippen LogP) is 1.13. The van der Waals surface area contributed by atoms with Gasteiger partial charge in [-0.15, -0.1) is 0 Å². The number of nitrogens with two attached hydrogens (primary N) is 1. The van der Waals surface area contributed by atoms with E-state index in [2.05, 4.69) is 15.0 Å². The van der Waals surface area contributed by atoms with Gasteiger partial charge >= 0.3 is 0 Å². The number of nitrogens with one attached hydrogen (secondary N) is 1. The van der Waals surface area contributed by atoms with Gasteiger partial charge in [-0.2, -0.15) is 4.98 Å². The molecule has 0 unspecified atom stereocenters. The number of aliphatic hydroxyl groups excluding tert-OH is 1. The summed E-state index contributed by atoms with van der Waals surface area (Å²) in [6.07, 6.45) is 0. The molecule has 132 valence electrons. The molecule has 2 aromatic heterocycles. The van der Waals surface area contributed by atoms with E-state index in [4.69, 9.17) is 10.5 Å². The maximum atomic E-state index is 13.6. The first-order valence-corrected chi connectivity index (χ1v) is 8.33. The van der Waals surface area contributed by atoms with Gasteiger partial charge in [0.15, 0.2) is 16.3 Å². The zero-order valence-electron chi connectivity index (χ0n) is 13.3. The first kappa shape index (κ1) is 17.2. The molecule has 3 rings (SSSR count). The monoisotopic (exact) mass is 365 g/mol. The van der Waals surface area contributed by atoms with Crippen molar-refractivity contribution in [3.8, 4) is 5.75 Å². The van der Waals surface area contributed by atoms with Crippen molar-refractivity contribution in [2.24, 2.45) is 0 Å². The van der Waals surface area contributed by atoms with Gasteiger partial charge in [-0.1, -0.05) is 11.8 Å². The van der Waals surface area contributed by atoms with E-state index in [1.165, 1.54) is 31.0 Å². The summed E-state index contributed by atoms with van der Waals surface area (Å²) in [6.45, 7) is 0.0579. The number of rotatable bonds is 6. The van der Waals surface area contributed by atoms with Crippen LogP contribution in [0.2, 0.25) is 0 Å². The van der Waals surface area contributed by atoms with E-state index < -0.39 is 11.4 Å². The number of nitrogens with zero attached hydrogens (tertiary/aromatic N) is 3. The number of benzene rings is 1. The molecule has 0 spiro atoms. The highest BCUT2D eigenvalue weighted by atomic mass is 32.2. The molecule has 0 radical (unpaired) electrons. The van der Waals surface area contributed by atoms with Crippen LogP contribution in [0.1, 0.15) is 5.56 Å². The van der Waals surface area contributed by atoms with Crippen LogP contribution in [0.25, 0.3) is 11.2 Å². The van der Waals surface area contributed by atoms with Crippen molar-refractivity contribution in [2.45, 2.75) is 17.5 Å². The molecular weight excluding hydrogens is 349 g/mol. The Morgan fingerprint density at radius 1 is 1.40 bits per heavy atom. The summed E-state index contributed by atoms with van der Waals surface area (Å²) >= 11 is 1.29. The Bertz CT molecular complexity index is 972. The number of hydrogen-bond acceptors (Lipinski definition) is 7. The van der Waals surface area contributed by atoms with E-state index in [-0.39, 0.29) is 24.6 Å². The minimum absolute atomic E-state index is 0.0250. The number of aromatic amines is 1. The lowest BCUT2D eigenvalue weighted by atomic mass is 10.2. The topological polar surface area (TPSA) is 119 Å². The number of anilines is 1. The van der Waals surface area contributed by atoms with Gasteiger partial charge in [-0.25, -0.2) is 9.37 Å². The van der Waals surface area contributed by atoms with Crippen LogP contribution in [-0.2, 0) is 12.3 Å². The molecule has 0 bridgehead atoms. The van der Waals surface area contributed by atoms with Crippen LogP contribution in [0, 0.1) is 5.82 Å². The van der Waals surface area contributed by atoms with Crippen LogP contribution in [0.3, 0.4) is 0 Å². The van der Waals surface area contributed by atoms with Crippen molar-refractivity contribution >= 4 is 28.9 Å². The third-order valence-electron chi connectivity index (χ3n) is 3.45. The Morgan fingerprint density at radius 2 is 2.20 bits per heavy atom. The highest BCUT2D eigenvalue weighted by Gasteiger charge is 2.16. The Kier molecular flexibility index (Phi) is 4.91. The molecule has 3 aromatic rings. The molecule has 25 heavy (non-hydrogen) atoms. The molecule has 0 fully saturated rings. The smallest absolute Gasteiger partial charge is 0.280 e. The molecule has 0 aliphatic rings. The fraction of sp³-hybridized carbons (Fsp3) is 0.267. The highest BCUT2D eigenvalue weighted by Crippen LogP contribution is 2.27. The minimum Gasteiger partial charge on any atom is -0.497 e. The Morgan fingerprint density at radius 3 is 2.92 bits per heavy atom. The van der Waals surface area contributed by atoms with Crippen molar-refractivity contribution in [2.75, 3.05) is 19.5 Å². The molecule has 0 aliphatic heterocycles. The summed E-state index contributed by atoms with van der Waals surface area (Å²) in [5, 5.41) is 9.76. The molecule has 0 atom stereocenters. The molecule has 0 saturated carbocycles. The van der Waals surface area contributed by atoms with Gasteiger partial charge in [-0.05, 0) is 17.7 Å². The number of H-pyrrole nitrogens is 1. The average Bonchev–Trinajstić information content (AvgIpc) is 2.91. The lowest BCUT2D eigenvalue weighted by Gasteiger charge is -2.07. The van der Waals surface area contributed by atoms with Crippen LogP contribution in [0.4, 0.5) is 10.3 Å². The van der Waals surface area contributed by atoms with Gasteiger partial charge in [-0.3, -0.25) is 9.78 Å². The van der Waals surface area contributed by atoms with Crippen molar-refractivity contribution in [1.29, 1.82) is 0 Å². The highest BCUT2D eigenvalue weighted by molar-refractivity contribution is 7.98. The van der Waals surface area contributed by atoms with Crippen molar-refractivity contribution < 1.29 is 14.2 Å². The third-order valence-corrected chi connectivity index (χ3v) is 4.49. The first-order chi connectivity index (χ1) is 12.0. The van der Waals surface area contributed by atoms with Gasteiger partial charge < -0.3 is 20.1 Å². The predicted molar refractivity (Wildman–Crippen MR) is 92.2 cm³/mol. The second-order valence-corrected chi connectivity index (χ2v) is 6.12. The molecule has 8 nitrogen and oxygen atoms in total. The van der Waals surface area contributed by atoms with Crippen molar-refractivity contribution in [1.82, 2.24) is 19.5 Å². The zero-order chi connectivity index (χ0) is 18.0. The Hall–Kier alpha value is -2.59. The number of halogens is 1. The number of methoxy groups -OCH3 is 1. The van der Waals surface area contributed by atoms with Crippen LogP contribution < -0.4 is 16.0 Å². The molecule has 1 aromatic carbocycles. The number of hydrogen-bond donors (Lipinski definition) is 3. The Balaban J connectivity index is 1.95. The summed E-state index contributed by atoms with van der Waals surface area (Å²) in [4.78, 5) is 22.7. The second kappa shape index (κ2) is 7.11. The standard InChI is InChI=1S/C15H16FN5O3S/c1-24-10-5-8(4-9(16)6-10)7-25-15-18-11-12(21(15)2-3-22)19-14(17)20-13(11)23/h4-6,22H,2-3,7H2,1H3,(H3,17,19,20,23). The van der Waals surface area contributed by atoms with Crippen LogP contribution >= 0.6 is 11.8 Å². The largest absolute Gasteiger partial charge is 0.497 e. The molecular formula is C15H16FN5O3S. The number of aliphatic hydroxyl groups is 1. The van der Waals surface area contributed by atoms with Crippen molar-refractivity contribution in [3.05, 3.63) is 39.9 Å².